The number of aromatic amines is 1. The zero-order valence-electron chi connectivity index (χ0n) is 10.1. The third-order valence-corrected chi connectivity index (χ3v) is 2.85. The van der Waals surface area contributed by atoms with Crippen molar-refractivity contribution in [2.45, 2.75) is 0 Å². The lowest BCUT2D eigenvalue weighted by atomic mass is 10.1. The van der Waals surface area contributed by atoms with Crippen molar-refractivity contribution < 1.29 is 5.11 Å². The molecule has 0 saturated carbocycles. The summed E-state index contributed by atoms with van der Waals surface area (Å²) in [5, 5.41) is 17.3. The molecule has 2 aromatic carbocycles. The molecule has 0 unspecified atom stereocenters. The van der Waals surface area contributed by atoms with Crippen molar-refractivity contribution in [1.82, 2.24) is 10.2 Å². The van der Waals surface area contributed by atoms with Crippen LogP contribution in [0.4, 0.5) is 0 Å². The van der Waals surface area contributed by atoms with Crippen molar-refractivity contribution in [2.24, 2.45) is 0 Å². The minimum Gasteiger partial charge on any atom is -0.504 e. The lowest BCUT2D eigenvalue weighted by Gasteiger charge is -1.99. The number of aromatic nitrogens is 2. The van der Waals surface area contributed by atoms with E-state index in [0.29, 0.717) is 11.4 Å². The van der Waals surface area contributed by atoms with E-state index in [4.69, 9.17) is 0 Å². The zero-order valence-corrected chi connectivity index (χ0v) is 10.9. The average Bonchev–Trinajstić information content (AvgIpc) is 2.83. The van der Waals surface area contributed by atoms with E-state index >= 15 is 0 Å². The molecule has 0 aliphatic rings. The van der Waals surface area contributed by atoms with Crippen LogP contribution in [-0.2, 0) is 0 Å². The Hall–Kier alpha value is -2.26. The van der Waals surface area contributed by atoms with Crippen LogP contribution in [0.15, 0.2) is 60.7 Å². The van der Waals surface area contributed by atoms with Gasteiger partial charge < -0.3 is 5.11 Å². The third-order valence-electron chi connectivity index (χ3n) is 2.85. The lowest BCUT2D eigenvalue weighted by molar-refractivity contribution is 0.479. The molecule has 0 spiro atoms. The van der Waals surface area contributed by atoms with Gasteiger partial charge in [0.1, 0.15) is 11.4 Å². The maximum atomic E-state index is 10.2. The highest BCUT2D eigenvalue weighted by atomic mass is 35.5. The van der Waals surface area contributed by atoms with Crippen LogP contribution >= 0.6 is 12.4 Å². The Balaban J connectivity index is 0.00000133. The molecular weight excluding hydrogens is 260 g/mol. The lowest BCUT2D eigenvalue weighted by Crippen LogP contribution is -1.77. The molecule has 4 heteroatoms. The summed E-state index contributed by atoms with van der Waals surface area (Å²) >= 11 is 0. The molecule has 1 aromatic heterocycles. The van der Waals surface area contributed by atoms with Crippen molar-refractivity contribution in [2.75, 3.05) is 0 Å². The molecule has 0 radical (unpaired) electrons. The highest BCUT2D eigenvalue weighted by molar-refractivity contribution is 5.85. The molecule has 3 rings (SSSR count). The van der Waals surface area contributed by atoms with Crippen LogP contribution in [0.2, 0.25) is 0 Å². The molecule has 0 amide bonds. The maximum absolute atomic E-state index is 10.2. The molecule has 3 aromatic rings. The van der Waals surface area contributed by atoms with E-state index < -0.39 is 0 Å². The third kappa shape index (κ3) is 2.46. The molecule has 96 valence electrons. The number of H-pyrrole nitrogens is 1. The Labute approximate surface area is 117 Å². The largest absolute Gasteiger partial charge is 0.504 e. The normalized spacial score (nSPS) is 9.89. The van der Waals surface area contributed by atoms with Crippen molar-refractivity contribution in [1.29, 1.82) is 0 Å². The number of halogens is 1. The number of benzene rings is 2. The number of aromatic hydroxyl groups is 1. The average molecular weight is 273 g/mol. The van der Waals surface area contributed by atoms with Crippen molar-refractivity contribution in [3.63, 3.8) is 0 Å². The summed E-state index contributed by atoms with van der Waals surface area (Å²) in [6.45, 7) is 0. The van der Waals surface area contributed by atoms with Crippen LogP contribution in [0.3, 0.4) is 0 Å². The summed E-state index contributed by atoms with van der Waals surface area (Å²) in [5.41, 5.74) is 3.04. The number of rotatable bonds is 2. The molecule has 0 bridgehead atoms. The molecule has 0 fully saturated rings. The number of nitrogens with one attached hydrogen (secondary N) is 1. The molecule has 3 nitrogen and oxygen atoms in total. The number of hydrogen-bond acceptors (Lipinski definition) is 2. The smallest absolute Gasteiger partial charge is 0.169 e. The topological polar surface area (TPSA) is 48.9 Å². The second-order valence-corrected chi connectivity index (χ2v) is 4.03. The Morgan fingerprint density at radius 3 is 1.89 bits per heavy atom. The summed E-state index contributed by atoms with van der Waals surface area (Å²) in [6, 6.07) is 19.3. The van der Waals surface area contributed by atoms with E-state index in [0.717, 1.165) is 11.1 Å². The van der Waals surface area contributed by atoms with Gasteiger partial charge >= 0.3 is 0 Å². The maximum Gasteiger partial charge on any atom is 0.169 e. The fourth-order valence-corrected chi connectivity index (χ4v) is 1.94. The van der Waals surface area contributed by atoms with E-state index in [1.54, 1.807) is 0 Å². The predicted octanol–water partition coefficient (Wildman–Crippen LogP) is 3.87. The van der Waals surface area contributed by atoms with Gasteiger partial charge in [0.15, 0.2) is 5.75 Å². The highest BCUT2D eigenvalue weighted by Gasteiger charge is 2.14. The van der Waals surface area contributed by atoms with Crippen LogP contribution in [0, 0.1) is 0 Å². The minimum atomic E-state index is 0. The second-order valence-electron chi connectivity index (χ2n) is 4.03. The first-order chi connectivity index (χ1) is 8.86. The van der Waals surface area contributed by atoms with Crippen LogP contribution in [0.1, 0.15) is 0 Å². The van der Waals surface area contributed by atoms with E-state index in [9.17, 15) is 5.11 Å². The Kier molecular flexibility index (Phi) is 3.88. The SMILES string of the molecule is Cl.Oc1c(-c2ccccc2)n[nH]c1-c1ccccc1. The van der Waals surface area contributed by atoms with Gasteiger partial charge in [0.25, 0.3) is 0 Å². The van der Waals surface area contributed by atoms with Gasteiger partial charge in [-0.1, -0.05) is 60.7 Å². The zero-order chi connectivity index (χ0) is 12.4. The van der Waals surface area contributed by atoms with Gasteiger partial charge in [-0.15, -0.1) is 12.4 Å². The first-order valence-corrected chi connectivity index (χ1v) is 5.74. The minimum absolute atomic E-state index is 0. The van der Waals surface area contributed by atoms with Gasteiger partial charge in [0.05, 0.1) is 0 Å². The Bertz CT molecular complexity index is 593. The van der Waals surface area contributed by atoms with E-state index in [1.807, 2.05) is 60.7 Å². The van der Waals surface area contributed by atoms with Crippen molar-refractivity contribution >= 4 is 12.4 Å². The summed E-state index contributed by atoms with van der Waals surface area (Å²) in [7, 11) is 0. The summed E-state index contributed by atoms with van der Waals surface area (Å²) in [6.07, 6.45) is 0. The van der Waals surface area contributed by atoms with Gasteiger partial charge in [-0.3, -0.25) is 5.10 Å². The monoisotopic (exact) mass is 272 g/mol. The van der Waals surface area contributed by atoms with E-state index in [-0.39, 0.29) is 18.2 Å². The first kappa shape index (κ1) is 13.2. The molecule has 0 saturated heterocycles. The predicted molar refractivity (Wildman–Crippen MR) is 78.4 cm³/mol. The van der Waals surface area contributed by atoms with E-state index in [1.165, 1.54) is 0 Å². The van der Waals surface area contributed by atoms with Gasteiger partial charge in [0, 0.05) is 11.1 Å². The second kappa shape index (κ2) is 5.59. The van der Waals surface area contributed by atoms with Crippen LogP contribution in [0.25, 0.3) is 22.5 Å². The summed E-state index contributed by atoms with van der Waals surface area (Å²) < 4.78 is 0. The van der Waals surface area contributed by atoms with Crippen LogP contribution < -0.4 is 0 Å². The van der Waals surface area contributed by atoms with Crippen LogP contribution in [0.5, 0.6) is 5.75 Å². The fraction of sp³-hybridized carbons (Fsp3) is 0. The van der Waals surface area contributed by atoms with Gasteiger partial charge in [-0.2, -0.15) is 5.10 Å². The van der Waals surface area contributed by atoms with Crippen LogP contribution in [-0.4, -0.2) is 15.3 Å². The Morgan fingerprint density at radius 2 is 1.32 bits per heavy atom. The molecule has 2 N–H and O–H groups in total. The quantitative estimate of drug-likeness (QED) is 0.744. The highest BCUT2D eigenvalue weighted by Crippen LogP contribution is 2.35. The molecular formula is C15H13ClN2O. The molecule has 0 aliphatic heterocycles. The van der Waals surface area contributed by atoms with Gasteiger partial charge in [0.2, 0.25) is 0 Å². The summed E-state index contributed by atoms with van der Waals surface area (Å²) in [5.74, 6) is 0.187. The molecule has 1 heterocycles. The molecule has 0 aliphatic carbocycles. The number of nitrogens with zero attached hydrogens (tertiary/aromatic N) is 1. The van der Waals surface area contributed by atoms with Crippen molar-refractivity contribution in [3.8, 4) is 28.3 Å². The van der Waals surface area contributed by atoms with E-state index in [2.05, 4.69) is 10.2 Å². The van der Waals surface area contributed by atoms with Gasteiger partial charge in [-0.05, 0) is 0 Å². The van der Waals surface area contributed by atoms with Gasteiger partial charge in [-0.25, -0.2) is 0 Å². The number of hydrogen-bond donors (Lipinski definition) is 2. The fourth-order valence-electron chi connectivity index (χ4n) is 1.94. The standard InChI is InChI=1S/C15H12N2O.ClH/c18-15-13(11-7-3-1-4-8-11)16-17-14(15)12-9-5-2-6-10-12;/h1-10,18H,(H,16,17);1H. The molecule has 19 heavy (non-hydrogen) atoms. The van der Waals surface area contributed by atoms with Crippen molar-refractivity contribution in [3.05, 3.63) is 60.7 Å². The summed E-state index contributed by atoms with van der Waals surface area (Å²) in [4.78, 5) is 0. The molecule has 0 atom stereocenters. The Morgan fingerprint density at radius 1 is 0.789 bits per heavy atom. The first-order valence-electron chi connectivity index (χ1n) is 5.74.